The van der Waals surface area contributed by atoms with E-state index < -0.39 is 0 Å². The lowest BCUT2D eigenvalue weighted by Crippen LogP contribution is -2.48. The molecule has 2 rings (SSSR count). The summed E-state index contributed by atoms with van der Waals surface area (Å²) in [6.45, 7) is 8.77. The molecule has 108 valence electrons. The van der Waals surface area contributed by atoms with Gasteiger partial charge in [0.05, 0.1) is 0 Å². The Morgan fingerprint density at radius 2 is 2.05 bits per heavy atom. The first-order valence-corrected chi connectivity index (χ1v) is 7.13. The van der Waals surface area contributed by atoms with Crippen LogP contribution in [-0.2, 0) is 6.54 Å². The Bertz CT molecular complexity index is 404. The molecule has 1 aliphatic heterocycles. The van der Waals surface area contributed by atoms with E-state index in [0.717, 1.165) is 6.54 Å². The molecule has 3 heteroatoms. The Morgan fingerprint density at radius 1 is 1.32 bits per heavy atom. The molecule has 2 atom stereocenters. The number of halogens is 1. The molecule has 0 radical (unpaired) electrons. The fourth-order valence-electron chi connectivity index (χ4n) is 3.00. The largest absolute Gasteiger partial charge is 0.327 e. The summed E-state index contributed by atoms with van der Waals surface area (Å²) in [4.78, 5) is 2.58. The highest BCUT2D eigenvalue weighted by molar-refractivity contribution is 5.85. The van der Waals surface area contributed by atoms with E-state index >= 15 is 0 Å². The Morgan fingerprint density at radius 3 is 2.74 bits per heavy atom. The van der Waals surface area contributed by atoms with Gasteiger partial charge in [0.2, 0.25) is 0 Å². The van der Waals surface area contributed by atoms with E-state index in [9.17, 15) is 0 Å². The lowest BCUT2D eigenvalue weighted by Gasteiger charge is -2.38. The maximum absolute atomic E-state index is 6.14. The Hall–Kier alpha value is -0.570. The van der Waals surface area contributed by atoms with Crippen molar-refractivity contribution in [2.24, 2.45) is 5.73 Å². The average molecular weight is 283 g/mol. The predicted octanol–water partition coefficient (Wildman–Crippen LogP) is 3.43. The van der Waals surface area contributed by atoms with Crippen LogP contribution in [0.3, 0.4) is 0 Å². The second kappa shape index (κ2) is 7.28. The van der Waals surface area contributed by atoms with Crippen LogP contribution in [0.25, 0.3) is 0 Å². The van der Waals surface area contributed by atoms with E-state index in [4.69, 9.17) is 5.73 Å². The van der Waals surface area contributed by atoms with Crippen molar-refractivity contribution in [3.05, 3.63) is 34.9 Å². The summed E-state index contributed by atoms with van der Waals surface area (Å²) in [6.07, 6.45) is 3.89. The summed E-state index contributed by atoms with van der Waals surface area (Å²) in [7, 11) is 0. The number of nitrogens with two attached hydrogens (primary N) is 1. The van der Waals surface area contributed by atoms with Crippen molar-refractivity contribution in [3.63, 3.8) is 0 Å². The first-order chi connectivity index (χ1) is 8.58. The summed E-state index contributed by atoms with van der Waals surface area (Å²) in [5.74, 6) is 0. The number of hydrogen-bond donors (Lipinski definition) is 1. The lowest BCUT2D eigenvalue weighted by molar-refractivity contribution is 0.123. The van der Waals surface area contributed by atoms with Gasteiger partial charge in [0.15, 0.2) is 0 Å². The monoisotopic (exact) mass is 282 g/mol. The number of hydrogen-bond acceptors (Lipinski definition) is 2. The van der Waals surface area contributed by atoms with Gasteiger partial charge in [0.1, 0.15) is 0 Å². The zero-order valence-corrected chi connectivity index (χ0v) is 13.2. The molecule has 2 N–H and O–H groups in total. The summed E-state index contributed by atoms with van der Waals surface area (Å²) < 4.78 is 0. The average Bonchev–Trinajstić information content (AvgIpc) is 2.34. The van der Waals surface area contributed by atoms with Crippen LogP contribution in [0.5, 0.6) is 0 Å². The van der Waals surface area contributed by atoms with E-state index in [0.29, 0.717) is 6.04 Å². The van der Waals surface area contributed by atoms with E-state index in [1.165, 1.54) is 42.5 Å². The van der Waals surface area contributed by atoms with Gasteiger partial charge in [0, 0.05) is 18.6 Å². The second-order valence-electron chi connectivity index (χ2n) is 5.82. The Labute approximate surface area is 123 Å². The number of aryl methyl sites for hydroxylation is 2. The van der Waals surface area contributed by atoms with Gasteiger partial charge in [-0.1, -0.05) is 30.2 Å². The van der Waals surface area contributed by atoms with Crippen LogP contribution in [0.2, 0.25) is 0 Å². The molecule has 0 bridgehead atoms. The maximum Gasteiger partial charge on any atom is 0.0248 e. The molecule has 1 saturated heterocycles. The summed E-state index contributed by atoms with van der Waals surface area (Å²) in [5, 5.41) is 0. The SMILES string of the molecule is Cc1ccc(C)c(CN2CCCCC2C(C)N)c1.Cl. The van der Waals surface area contributed by atoms with E-state index in [2.05, 4.69) is 43.9 Å². The first-order valence-electron chi connectivity index (χ1n) is 7.13. The van der Waals surface area contributed by atoms with Crippen molar-refractivity contribution in [1.29, 1.82) is 0 Å². The third-order valence-electron chi connectivity index (χ3n) is 4.15. The standard InChI is InChI=1S/C16H26N2.ClH/c1-12-7-8-13(2)15(10-12)11-18-9-5-4-6-16(18)14(3)17;/h7-8,10,14,16H,4-6,9,11,17H2,1-3H3;1H. The van der Waals surface area contributed by atoms with Crippen molar-refractivity contribution in [2.75, 3.05) is 6.54 Å². The minimum absolute atomic E-state index is 0. The van der Waals surface area contributed by atoms with Crippen molar-refractivity contribution in [1.82, 2.24) is 4.90 Å². The predicted molar refractivity (Wildman–Crippen MR) is 84.9 cm³/mol. The quantitative estimate of drug-likeness (QED) is 0.920. The molecular formula is C16H27ClN2. The zero-order chi connectivity index (χ0) is 13.1. The molecule has 0 amide bonds. The van der Waals surface area contributed by atoms with Crippen molar-refractivity contribution < 1.29 is 0 Å². The second-order valence-corrected chi connectivity index (χ2v) is 5.82. The van der Waals surface area contributed by atoms with Gasteiger partial charge >= 0.3 is 0 Å². The minimum Gasteiger partial charge on any atom is -0.327 e. The third kappa shape index (κ3) is 4.20. The molecular weight excluding hydrogens is 256 g/mol. The maximum atomic E-state index is 6.14. The molecule has 2 unspecified atom stereocenters. The van der Waals surface area contributed by atoms with Gasteiger partial charge in [-0.15, -0.1) is 12.4 Å². The normalized spacial score (nSPS) is 21.8. The van der Waals surface area contributed by atoms with Crippen LogP contribution in [0.1, 0.15) is 42.9 Å². The van der Waals surface area contributed by atoms with Crippen LogP contribution < -0.4 is 5.73 Å². The van der Waals surface area contributed by atoms with Gasteiger partial charge in [-0.25, -0.2) is 0 Å². The minimum atomic E-state index is 0. The van der Waals surface area contributed by atoms with E-state index in [1.54, 1.807) is 0 Å². The topological polar surface area (TPSA) is 29.3 Å². The molecule has 19 heavy (non-hydrogen) atoms. The molecule has 0 saturated carbocycles. The smallest absolute Gasteiger partial charge is 0.0248 e. The highest BCUT2D eigenvalue weighted by atomic mass is 35.5. The Balaban J connectivity index is 0.00000180. The van der Waals surface area contributed by atoms with Crippen LogP contribution in [-0.4, -0.2) is 23.5 Å². The van der Waals surface area contributed by atoms with Crippen molar-refractivity contribution in [3.8, 4) is 0 Å². The van der Waals surface area contributed by atoms with Gasteiger partial charge in [-0.2, -0.15) is 0 Å². The first kappa shape index (κ1) is 16.5. The molecule has 0 spiro atoms. The van der Waals surface area contributed by atoms with Gasteiger partial charge < -0.3 is 5.73 Å². The van der Waals surface area contributed by atoms with Gasteiger partial charge in [0.25, 0.3) is 0 Å². The number of benzene rings is 1. The lowest BCUT2D eigenvalue weighted by atomic mass is 9.95. The van der Waals surface area contributed by atoms with E-state index in [1.807, 2.05) is 0 Å². The van der Waals surface area contributed by atoms with E-state index in [-0.39, 0.29) is 18.4 Å². The van der Waals surface area contributed by atoms with Gasteiger partial charge in [-0.3, -0.25) is 4.90 Å². The Kier molecular flexibility index (Phi) is 6.31. The molecule has 0 aliphatic carbocycles. The highest BCUT2D eigenvalue weighted by Crippen LogP contribution is 2.23. The highest BCUT2D eigenvalue weighted by Gasteiger charge is 2.25. The summed E-state index contributed by atoms with van der Waals surface area (Å²) >= 11 is 0. The number of nitrogens with zero attached hydrogens (tertiary/aromatic N) is 1. The van der Waals surface area contributed by atoms with Crippen molar-refractivity contribution in [2.45, 2.75) is 58.7 Å². The summed E-state index contributed by atoms with van der Waals surface area (Å²) in [6, 6.07) is 7.57. The zero-order valence-electron chi connectivity index (χ0n) is 12.4. The van der Waals surface area contributed by atoms with Crippen LogP contribution in [0, 0.1) is 13.8 Å². The molecule has 2 nitrogen and oxygen atoms in total. The van der Waals surface area contributed by atoms with Gasteiger partial charge in [-0.05, 0) is 51.3 Å². The van der Waals surface area contributed by atoms with Crippen LogP contribution >= 0.6 is 12.4 Å². The number of rotatable bonds is 3. The third-order valence-corrected chi connectivity index (χ3v) is 4.15. The number of likely N-dealkylation sites (tertiary alicyclic amines) is 1. The molecule has 0 aromatic heterocycles. The molecule has 1 heterocycles. The van der Waals surface area contributed by atoms with Crippen molar-refractivity contribution >= 4 is 12.4 Å². The molecule has 1 fully saturated rings. The number of piperidine rings is 1. The van der Waals surface area contributed by atoms with Crippen LogP contribution in [0.15, 0.2) is 18.2 Å². The fraction of sp³-hybridized carbons (Fsp3) is 0.625. The van der Waals surface area contributed by atoms with Crippen LogP contribution in [0.4, 0.5) is 0 Å². The summed E-state index contributed by atoms with van der Waals surface area (Å²) in [5.41, 5.74) is 10.3. The fourth-order valence-corrected chi connectivity index (χ4v) is 3.00. The molecule has 1 aromatic carbocycles. The molecule has 1 aromatic rings. The molecule has 1 aliphatic rings.